The minimum absolute atomic E-state index is 0.0864. The van der Waals surface area contributed by atoms with Crippen LogP contribution in [0.4, 0.5) is 0 Å². The number of carbonyl (C=O) groups excluding carboxylic acids is 1. The van der Waals surface area contributed by atoms with E-state index in [0.29, 0.717) is 58.5 Å². The summed E-state index contributed by atoms with van der Waals surface area (Å²) in [5.74, 6) is 5.04. The van der Waals surface area contributed by atoms with Crippen LogP contribution in [-0.2, 0) is 25.6 Å². The fourth-order valence-corrected chi connectivity index (χ4v) is 9.16. The molecule has 0 spiro atoms. The van der Waals surface area contributed by atoms with Crippen molar-refractivity contribution in [1.82, 2.24) is 4.90 Å². The number of rotatable bonds is 12. The summed E-state index contributed by atoms with van der Waals surface area (Å²) in [7, 11) is 1.56. The van der Waals surface area contributed by atoms with Crippen molar-refractivity contribution in [3.05, 3.63) is 99.9 Å². The van der Waals surface area contributed by atoms with Crippen LogP contribution in [0, 0.1) is 11.8 Å². The number of fused-ring (bicyclic) bond motifs is 3. The number of ether oxygens (including phenoxy) is 7. The molecule has 18 heteroatoms. The van der Waals surface area contributed by atoms with Gasteiger partial charge in [-0.05, 0) is 29.3 Å². The molecule has 10 atom stereocenters. The third-order valence-electron chi connectivity index (χ3n) is 12.0. The molecular formula is C45H46N4O14. The second kappa shape index (κ2) is 17.2. The normalized spacial score (nSPS) is 28.0. The third kappa shape index (κ3) is 7.71. The first-order valence-electron chi connectivity index (χ1n) is 20.4. The Hall–Kier alpha value is -6.17. The average molecular weight is 867 g/mol. The van der Waals surface area contributed by atoms with Crippen molar-refractivity contribution in [1.29, 1.82) is 0 Å². The number of aliphatic hydroxyl groups excluding tert-OH is 4. The molecule has 0 unspecified atom stereocenters. The molecule has 63 heavy (non-hydrogen) atoms. The number of hydrogen-bond acceptors (Lipinski definition) is 17. The van der Waals surface area contributed by atoms with Crippen molar-refractivity contribution in [3.8, 4) is 40.6 Å². The van der Waals surface area contributed by atoms with E-state index >= 15 is 0 Å². The van der Waals surface area contributed by atoms with Gasteiger partial charge in [0.15, 0.2) is 17.6 Å². The lowest BCUT2D eigenvalue weighted by Crippen LogP contribution is -2.66. The van der Waals surface area contributed by atoms with E-state index in [9.17, 15) is 30.0 Å². The molecule has 0 aliphatic carbocycles. The average Bonchev–Trinajstić information content (AvgIpc) is 3.97. The number of hydrogen-bond donors (Lipinski definition) is 7. The van der Waals surface area contributed by atoms with E-state index in [0.717, 1.165) is 16.7 Å². The van der Waals surface area contributed by atoms with Crippen LogP contribution in [0.2, 0.25) is 0 Å². The molecule has 4 bridgehead atoms. The highest BCUT2D eigenvalue weighted by Crippen LogP contribution is 2.61. The Morgan fingerprint density at radius 2 is 1.84 bits per heavy atom. The van der Waals surface area contributed by atoms with Gasteiger partial charge >= 0.3 is 11.9 Å². The van der Waals surface area contributed by atoms with E-state index in [1.807, 2.05) is 53.4 Å². The Balaban J connectivity index is 1.16. The summed E-state index contributed by atoms with van der Waals surface area (Å²) in [4.78, 5) is 30.1. The van der Waals surface area contributed by atoms with Gasteiger partial charge in [0.2, 0.25) is 12.0 Å². The van der Waals surface area contributed by atoms with Crippen LogP contribution in [0.1, 0.15) is 53.0 Å². The summed E-state index contributed by atoms with van der Waals surface area (Å²) in [5.41, 5.74) is 17.1. The zero-order chi connectivity index (χ0) is 44.1. The van der Waals surface area contributed by atoms with Gasteiger partial charge in [-0.15, -0.1) is 0 Å². The van der Waals surface area contributed by atoms with E-state index in [-0.39, 0.29) is 25.5 Å². The largest absolute Gasteiger partial charge is 0.493 e. The molecule has 0 radical (unpaired) electrons. The molecular weight excluding hydrogens is 821 g/mol. The predicted octanol–water partition coefficient (Wildman–Crippen LogP) is 1.09. The molecule has 6 heterocycles. The van der Waals surface area contributed by atoms with Gasteiger partial charge in [0.25, 0.3) is 0 Å². The van der Waals surface area contributed by atoms with E-state index < -0.39 is 85.4 Å². The molecule has 18 nitrogen and oxygen atoms in total. The molecule has 3 aromatic carbocycles. The van der Waals surface area contributed by atoms with Gasteiger partial charge in [0, 0.05) is 48.5 Å². The van der Waals surface area contributed by atoms with Crippen LogP contribution in [0.5, 0.6) is 28.7 Å². The highest BCUT2D eigenvalue weighted by atomic mass is 16.7. The van der Waals surface area contributed by atoms with Gasteiger partial charge in [-0.2, -0.15) is 0 Å². The fraction of sp³-hybridized carbons (Fsp3) is 0.400. The number of allylic oxidation sites excluding steroid dienone is 1. The van der Waals surface area contributed by atoms with Crippen molar-refractivity contribution in [3.63, 3.8) is 0 Å². The number of nitrogens with two attached hydrogens (primary N) is 2. The molecule has 6 aliphatic rings. The highest BCUT2D eigenvalue weighted by molar-refractivity contribution is 5.90. The molecule has 3 aromatic rings. The lowest BCUT2D eigenvalue weighted by molar-refractivity contribution is -0.291. The summed E-state index contributed by atoms with van der Waals surface area (Å²) >= 11 is 0. The maximum Gasteiger partial charge on any atom is 0.317 e. The lowest BCUT2D eigenvalue weighted by atomic mass is 9.76. The molecule has 0 saturated carbocycles. The third-order valence-corrected chi connectivity index (χ3v) is 12.0. The maximum absolute atomic E-state index is 12.4. The molecule has 330 valence electrons. The van der Waals surface area contributed by atoms with Crippen molar-refractivity contribution in [2.45, 2.75) is 86.4 Å². The van der Waals surface area contributed by atoms with Gasteiger partial charge in [-0.25, -0.2) is 0 Å². The van der Waals surface area contributed by atoms with Crippen LogP contribution in [0.25, 0.3) is 0 Å². The van der Waals surface area contributed by atoms with Gasteiger partial charge in [0.05, 0.1) is 49.7 Å². The van der Waals surface area contributed by atoms with Crippen LogP contribution in [-0.4, -0.2) is 125 Å². The molecule has 0 aromatic heterocycles. The number of esters is 1. The number of aliphatic imine (C=N–C) groups is 1. The van der Waals surface area contributed by atoms with Crippen molar-refractivity contribution in [2.75, 3.05) is 26.9 Å². The zero-order valence-corrected chi connectivity index (χ0v) is 33.9. The number of methoxy groups -OCH3 is 1. The number of carboxylic acid groups (broad SMARTS) is 1. The minimum atomic E-state index is -1.93. The van der Waals surface area contributed by atoms with E-state index in [1.165, 1.54) is 0 Å². The summed E-state index contributed by atoms with van der Waals surface area (Å²) in [6.45, 7) is 0.615. The van der Waals surface area contributed by atoms with Gasteiger partial charge in [-0.3, -0.25) is 14.6 Å². The lowest BCUT2D eigenvalue weighted by Gasteiger charge is -2.43. The Morgan fingerprint density at radius 1 is 1.03 bits per heavy atom. The fourth-order valence-electron chi connectivity index (χ4n) is 9.16. The minimum Gasteiger partial charge on any atom is -0.493 e. The number of nitrogens with zero attached hydrogens (tertiary/aromatic N) is 2. The Morgan fingerprint density at radius 3 is 2.59 bits per heavy atom. The van der Waals surface area contributed by atoms with Gasteiger partial charge < -0.3 is 75.1 Å². The quantitative estimate of drug-likeness (QED) is 0.0581. The maximum atomic E-state index is 12.4. The summed E-state index contributed by atoms with van der Waals surface area (Å²) < 4.78 is 43.8. The summed E-state index contributed by atoms with van der Waals surface area (Å²) in [6, 6.07) is 16.9. The Bertz CT molecular complexity index is 2450. The van der Waals surface area contributed by atoms with Crippen LogP contribution in [0.15, 0.2) is 82.6 Å². The molecule has 0 amide bonds. The van der Waals surface area contributed by atoms with Crippen molar-refractivity contribution >= 4 is 18.2 Å². The second-order valence-corrected chi connectivity index (χ2v) is 15.9. The van der Waals surface area contributed by atoms with E-state index in [4.69, 9.17) is 49.7 Å². The van der Waals surface area contributed by atoms with Crippen LogP contribution < -0.4 is 35.2 Å². The predicted molar refractivity (Wildman–Crippen MR) is 220 cm³/mol. The molecule has 6 aliphatic heterocycles. The summed E-state index contributed by atoms with van der Waals surface area (Å²) in [6.07, 6.45) is -10.7. The SMILES string of the molecule is COc1ccc2c3c1OCCC#C[C@H](c1ccccc1)[C@H]1Oc4cc(O[C@@H]5O[C@H]([C@H](OC(=O)CC(=O)O)C(N)N)[C@@H](O)[C@H](O)[C@H]5O)cc(CN5CC6=CC=NC6=C5CO)c4[C@H](O3)[C@H]21. The van der Waals surface area contributed by atoms with Gasteiger partial charge in [0.1, 0.15) is 54.5 Å². The molecule has 1 saturated heterocycles. The van der Waals surface area contributed by atoms with Crippen LogP contribution >= 0.6 is 0 Å². The topological polar surface area (TPSA) is 268 Å². The van der Waals surface area contributed by atoms with E-state index in [2.05, 4.69) is 16.8 Å². The summed E-state index contributed by atoms with van der Waals surface area (Å²) in [5, 5.41) is 53.1. The monoisotopic (exact) mass is 866 g/mol. The Labute approximate surface area is 360 Å². The van der Waals surface area contributed by atoms with E-state index in [1.54, 1.807) is 25.5 Å². The Kier molecular flexibility index (Phi) is 11.5. The van der Waals surface area contributed by atoms with Crippen LogP contribution in [0.3, 0.4) is 0 Å². The number of carbonyl (C=O) groups is 2. The second-order valence-electron chi connectivity index (χ2n) is 15.9. The first kappa shape index (κ1) is 42.1. The molecule has 1 fully saturated rings. The standard InChI is InChI=1S/C45H46N4O14/c1-57-28-11-10-26-33-38-25(21-7-3-2-4-8-21)9-5-6-14-58-40(28)39(26)62-41(33)32-23(19-49-18-22-12-13-48-34(22)27(49)20-50)15-24(16-29(32)60-38)59-45-37(56)35(54)36(55)42(63-45)43(44(46)47)61-31(53)17-30(51)52/h2-4,7-8,10-13,15-16,25,33,35-38,41-45,50,54-56H,6,14,17-20,46-47H2,1H3,(H,51,52)/t25-,33-,35+,36+,37-,38-,41+,42+,43+,45-/m1/s1. The number of aliphatic hydroxyl groups is 4. The zero-order valence-electron chi connectivity index (χ0n) is 33.9. The van der Waals surface area contributed by atoms with Crippen molar-refractivity contribution in [2.24, 2.45) is 16.5 Å². The molecule has 9 rings (SSSR count). The van der Waals surface area contributed by atoms with Crippen molar-refractivity contribution < 1.29 is 68.3 Å². The molecule has 9 N–H and O–H groups in total. The number of carboxylic acids is 1. The number of benzene rings is 3. The highest BCUT2D eigenvalue weighted by Gasteiger charge is 2.53. The first-order valence-corrected chi connectivity index (χ1v) is 20.4. The number of aliphatic carboxylic acids is 1. The smallest absolute Gasteiger partial charge is 0.317 e. The first-order chi connectivity index (χ1) is 30.4. The van der Waals surface area contributed by atoms with Gasteiger partial charge in [-0.1, -0.05) is 48.2 Å².